The minimum absolute atomic E-state index is 0.143. The minimum Gasteiger partial charge on any atom is -0.206 e. The topological polar surface area (TPSA) is 0 Å². The second-order valence-electron chi connectivity index (χ2n) is 6.23. The zero-order valence-electron chi connectivity index (χ0n) is 13.5. The van der Waals surface area contributed by atoms with Crippen LogP contribution in [0.25, 0.3) is 22.3 Å². The summed E-state index contributed by atoms with van der Waals surface area (Å²) in [7, 11) is 0. The summed E-state index contributed by atoms with van der Waals surface area (Å²) >= 11 is 5.52. The Labute approximate surface area is 148 Å². The van der Waals surface area contributed by atoms with Crippen molar-refractivity contribution >= 4 is 11.6 Å². The maximum Gasteiger partial charge on any atom is 0.145 e. The molecule has 1 aliphatic carbocycles. The summed E-state index contributed by atoms with van der Waals surface area (Å²) in [6.45, 7) is 2.08. The van der Waals surface area contributed by atoms with E-state index in [1.165, 1.54) is 5.56 Å². The zero-order chi connectivity index (χ0) is 17.7. The molecule has 0 fully saturated rings. The van der Waals surface area contributed by atoms with Gasteiger partial charge in [-0.3, -0.25) is 0 Å². The summed E-state index contributed by atoms with van der Waals surface area (Å²) in [4.78, 5) is 0. The fraction of sp³-hybridized carbons (Fsp3) is 0.143. The maximum absolute atomic E-state index is 15.1. The Morgan fingerprint density at radius 1 is 0.880 bits per heavy atom. The van der Waals surface area contributed by atoms with Crippen molar-refractivity contribution in [2.45, 2.75) is 19.8 Å². The maximum atomic E-state index is 15.1. The second kappa shape index (κ2) is 5.92. The van der Waals surface area contributed by atoms with Crippen molar-refractivity contribution in [3.63, 3.8) is 0 Å². The molecule has 0 nitrogen and oxygen atoms in total. The first kappa shape index (κ1) is 16.2. The van der Waals surface area contributed by atoms with E-state index in [4.69, 9.17) is 11.6 Å². The second-order valence-corrected chi connectivity index (χ2v) is 6.61. The van der Waals surface area contributed by atoms with E-state index in [1.54, 1.807) is 6.07 Å². The van der Waals surface area contributed by atoms with Gasteiger partial charge in [0.15, 0.2) is 0 Å². The van der Waals surface area contributed by atoms with Crippen LogP contribution in [-0.2, 0) is 12.8 Å². The van der Waals surface area contributed by atoms with Gasteiger partial charge in [-0.05, 0) is 46.4 Å². The van der Waals surface area contributed by atoms with E-state index < -0.39 is 22.5 Å². The Hall–Kier alpha value is -2.26. The lowest BCUT2D eigenvalue weighted by Crippen LogP contribution is -1.94. The lowest BCUT2D eigenvalue weighted by molar-refractivity contribution is 0.584. The largest absolute Gasteiger partial charge is 0.206 e. The number of aryl methyl sites for hydroxylation is 1. The Morgan fingerprint density at radius 2 is 1.52 bits per heavy atom. The van der Waals surface area contributed by atoms with Gasteiger partial charge in [-0.1, -0.05) is 48.9 Å². The molecule has 0 unspecified atom stereocenters. The van der Waals surface area contributed by atoms with Crippen molar-refractivity contribution in [1.82, 2.24) is 0 Å². The average Bonchev–Trinajstić information content (AvgIpc) is 2.98. The molecule has 0 spiro atoms. The number of hydrogen-bond acceptors (Lipinski definition) is 0. The summed E-state index contributed by atoms with van der Waals surface area (Å²) in [6.07, 6.45) is 1.40. The predicted octanol–water partition coefficient (Wildman–Crippen LogP) is 6.56. The van der Waals surface area contributed by atoms with Gasteiger partial charge in [-0.25, -0.2) is 13.2 Å². The van der Waals surface area contributed by atoms with Crippen molar-refractivity contribution in [3.8, 4) is 22.3 Å². The Bertz CT molecular complexity index is 985. The van der Waals surface area contributed by atoms with Crippen LogP contribution < -0.4 is 0 Å². The highest BCUT2D eigenvalue weighted by molar-refractivity contribution is 6.31. The first-order chi connectivity index (χ1) is 12.0. The van der Waals surface area contributed by atoms with E-state index in [-0.39, 0.29) is 11.1 Å². The Balaban J connectivity index is 1.85. The molecule has 4 heteroatoms. The van der Waals surface area contributed by atoms with Gasteiger partial charge in [0.25, 0.3) is 0 Å². The first-order valence-corrected chi connectivity index (χ1v) is 8.46. The molecule has 3 aromatic rings. The molecule has 126 valence electrons. The van der Waals surface area contributed by atoms with Crippen molar-refractivity contribution in [1.29, 1.82) is 0 Å². The van der Waals surface area contributed by atoms with Crippen LogP contribution in [0.15, 0.2) is 42.5 Å². The molecule has 0 radical (unpaired) electrons. The molecule has 0 atom stereocenters. The van der Waals surface area contributed by atoms with Crippen LogP contribution in [0.3, 0.4) is 0 Å². The molecule has 3 aromatic carbocycles. The molecule has 0 aromatic heterocycles. The molecule has 25 heavy (non-hydrogen) atoms. The quantitative estimate of drug-likeness (QED) is 0.356. The molecule has 0 saturated carbocycles. The van der Waals surface area contributed by atoms with E-state index >= 15 is 4.39 Å². The number of hydrogen-bond donors (Lipinski definition) is 0. The third-order valence-electron chi connectivity index (χ3n) is 4.77. The van der Waals surface area contributed by atoms with Gasteiger partial charge < -0.3 is 0 Å². The normalized spacial score (nSPS) is 12.2. The number of rotatable bonds is 2. The molecule has 4 rings (SSSR count). The van der Waals surface area contributed by atoms with Gasteiger partial charge in [-0.2, -0.15) is 0 Å². The summed E-state index contributed by atoms with van der Waals surface area (Å²) in [5, 5.41) is -0.579. The molecular weight excluding hydrogens is 345 g/mol. The first-order valence-electron chi connectivity index (χ1n) is 8.08. The molecule has 0 aliphatic heterocycles. The predicted molar refractivity (Wildman–Crippen MR) is 94.4 cm³/mol. The monoisotopic (exact) mass is 358 g/mol. The van der Waals surface area contributed by atoms with Gasteiger partial charge in [0, 0.05) is 17.5 Å². The van der Waals surface area contributed by atoms with Gasteiger partial charge in [0.05, 0.1) is 0 Å². The van der Waals surface area contributed by atoms with Crippen LogP contribution in [0.1, 0.15) is 23.6 Å². The lowest BCUT2D eigenvalue weighted by Gasteiger charge is -2.10. The van der Waals surface area contributed by atoms with Crippen LogP contribution in [0.5, 0.6) is 0 Å². The highest BCUT2D eigenvalue weighted by Crippen LogP contribution is 2.41. The highest BCUT2D eigenvalue weighted by Gasteiger charge is 2.24. The van der Waals surface area contributed by atoms with Crippen molar-refractivity contribution < 1.29 is 13.2 Å². The van der Waals surface area contributed by atoms with Gasteiger partial charge in [0.1, 0.15) is 22.5 Å². The van der Waals surface area contributed by atoms with E-state index in [0.29, 0.717) is 12.0 Å². The minimum atomic E-state index is -0.896. The molecule has 0 bridgehead atoms. The van der Waals surface area contributed by atoms with Crippen molar-refractivity contribution in [2.24, 2.45) is 0 Å². The molecular formula is C21H14ClF3. The van der Waals surface area contributed by atoms with Gasteiger partial charge in [0.2, 0.25) is 0 Å². The van der Waals surface area contributed by atoms with E-state index in [9.17, 15) is 8.78 Å². The molecule has 0 N–H and O–H groups in total. The molecule has 0 saturated heterocycles. The molecule has 1 aliphatic rings. The molecule has 0 heterocycles. The smallest absolute Gasteiger partial charge is 0.145 e. The summed E-state index contributed by atoms with van der Waals surface area (Å²) < 4.78 is 42.6. The van der Waals surface area contributed by atoms with E-state index in [2.05, 4.69) is 13.0 Å². The lowest BCUT2D eigenvalue weighted by atomic mass is 9.98. The Kier molecular flexibility index (Phi) is 3.84. The van der Waals surface area contributed by atoms with Crippen molar-refractivity contribution in [3.05, 3.63) is 81.6 Å². The average molecular weight is 359 g/mol. The highest BCUT2D eigenvalue weighted by atomic mass is 35.5. The number of halogens is 4. The van der Waals surface area contributed by atoms with Crippen LogP contribution in [0.2, 0.25) is 5.02 Å². The summed E-state index contributed by atoms with van der Waals surface area (Å²) in [5.74, 6) is -2.23. The summed E-state index contributed by atoms with van der Waals surface area (Å²) in [5.41, 5.74) is 5.03. The molecule has 0 amide bonds. The third-order valence-corrected chi connectivity index (χ3v) is 5.13. The van der Waals surface area contributed by atoms with Gasteiger partial charge >= 0.3 is 0 Å². The Morgan fingerprint density at radius 3 is 2.20 bits per heavy atom. The fourth-order valence-corrected chi connectivity index (χ4v) is 3.56. The van der Waals surface area contributed by atoms with Crippen LogP contribution in [0, 0.1) is 17.5 Å². The van der Waals surface area contributed by atoms with Crippen LogP contribution in [0.4, 0.5) is 13.2 Å². The van der Waals surface area contributed by atoms with E-state index in [0.717, 1.165) is 35.2 Å². The number of fused-ring (bicyclic) bond motifs is 3. The van der Waals surface area contributed by atoms with Crippen molar-refractivity contribution in [2.75, 3.05) is 0 Å². The van der Waals surface area contributed by atoms with E-state index in [1.807, 2.05) is 18.2 Å². The standard InChI is InChI=1S/C21H14ClF3/c1-2-11-3-4-14-12(7-11)8-17-16(14)6-5-15(21(17)25)13-9-18(23)20(22)19(24)10-13/h3-7,9-10H,2,8H2,1H3. The zero-order valence-corrected chi connectivity index (χ0v) is 14.2. The van der Waals surface area contributed by atoms with Gasteiger partial charge in [-0.15, -0.1) is 0 Å². The van der Waals surface area contributed by atoms with Crippen LogP contribution >= 0.6 is 11.6 Å². The summed E-state index contributed by atoms with van der Waals surface area (Å²) in [6, 6.07) is 11.7. The fourth-order valence-electron chi connectivity index (χ4n) is 3.45. The van der Waals surface area contributed by atoms with Crippen LogP contribution in [-0.4, -0.2) is 0 Å². The third kappa shape index (κ3) is 2.54. The SMILES string of the molecule is CCc1ccc2c(c1)Cc1c-2ccc(-c2cc(F)c(Cl)c(F)c2)c1F. The number of benzene rings is 3.